The Balaban J connectivity index is 1.67. The Kier molecular flexibility index (Phi) is 7.84. The van der Waals surface area contributed by atoms with Gasteiger partial charge in [-0.05, 0) is 49.2 Å². The standard InChI is InChI=1S/C29H28N2O6/c1-4-14-35-23-9-7-6-8-21(23)29(32)36-19-11-12-20-25(16-19)37-28(31)22(17-30)27(20)18-10-13-24(34-5-2)26(15-18)33-3/h6-13,15-16,27H,4-5,14,31H2,1-3H3. The van der Waals surface area contributed by atoms with Gasteiger partial charge in [-0.1, -0.05) is 31.2 Å². The van der Waals surface area contributed by atoms with E-state index in [0.717, 1.165) is 12.0 Å². The van der Waals surface area contributed by atoms with Crippen molar-refractivity contribution in [2.75, 3.05) is 20.3 Å². The second-order valence-electron chi connectivity index (χ2n) is 8.20. The Labute approximate surface area is 215 Å². The van der Waals surface area contributed by atoms with E-state index in [1.165, 1.54) is 0 Å². The summed E-state index contributed by atoms with van der Waals surface area (Å²) >= 11 is 0. The van der Waals surface area contributed by atoms with Crippen molar-refractivity contribution < 1.29 is 28.5 Å². The van der Waals surface area contributed by atoms with Crippen LogP contribution in [0.1, 0.15) is 47.7 Å². The maximum Gasteiger partial charge on any atom is 0.347 e. The molecule has 0 aliphatic carbocycles. The second-order valence-corrected chi connectivity index (χ2v) is 8.20. The molecule has 0 fully saturated rings. The van der Waals surface area contributed by atoms with Crippen molar-refractivity contribution in [2.45, 2.75) is 26.2 Å². The number of methoxy groups -OCH3 is 1. The number of hydrogen-bond donors (Lipinski definition) is 1. The minimum Gasteiger partial charge on any atom is -0.493 e. The third-order valence-corrected chi connectivity index (χ3v) is 5.79. The molecule has 1 unspecified atom stereocenters. The molecule has 8 heteroatoms. The van der Waals surface area contributed by atoms with Crippen molar-refractivity contribution in [1.82, 2.24) is 0 Å². The predicted octanol–water partition coefficient (Wildman–Crippen LogP) is 5.32. The largest absolute Gasteiger partial charge is 0.493 e. The van der Waals surface area contributed by atoms with Crippen molar-refractivity contribution in [3.05, 3.63) is 88.8 Å². The van der Waals surface area contributed by atoms with Crippen LogP contribution in [0.5, 0.6) is 28.7 Å². The van der Waals surface area contributed by atoms with Gasteiger partial charge in [0.1, 0.15) is 34.5 Å². The molecule has 0 radical (unpaired) electrons. The molecule has 0 amide bonds. The molecule has 0 spiro atoms. The molecule has 0 saturated heterocycles. The SMILES string of the molecule is CCCOc1ccccc1C(=O)Oc1ccc2c(c1)OC(N)=C(C#N)C2c1ccc(OCC)c(OC)c1. The van der Waals surface area contributed by atoms with Gasteiger partial charge in [-0.3, -0.25) is 0 Å². The summed E-state index contributed by atoms with van der Waals surface area (Å²) in [5, 5.41) is 9.87. The van der Waals surface area contributed by atoms with Crippen LogP contribution in [0.25, 0.3) is 0 Å². The average molecular weight is 501 g/mol. The number of nitrogens with zero attached hydrogens (tertiary/aromatic N) is 1. The maximum absolute atomic E-state index is 12.9. The average Bonchev–Trinajstić information content (AvgIpc) is 2.91. The van der Waals surface area contributed by atoms with Crippen molar-refractivity contribution >= 4 is 5.97 Å². The first-order valence-electron chi connectivity index (χ1n) is 12.0. The first-order valence-corrected chi connectivity index (χ1v) is 12.0. The van der Waals surface area contributed by atoms with Crippen LogP contribution in [0.4, 0.5) is 0 Å². The number of carbonyl (C=O) groups is 1. The van der Waals surface area contributed by atoms with E-state index in [9.17, 15) is 10.1 Å². The van der Waals surface area contributed by atoms with Gasteiger partial charge in [0, 0.05) is 11.6 Å². The first-order chi connectivity index (χ1) is 18.0. The van der Waals surface area contributed by atoms with E-state index in [4.69, 9.17) is 29.4 Å². The maximum atomic E-state index is 12.9. The number of rotatable bonds is 9. The van der Waals surface area contributed by atoms with Gasteiger partial charge in [0.15, 0.2) is 11.5 Å². The number of allylic oxidation sites excluding steroid dienone is 1. The summed E-state index contributed by atoms with van der Waals surface area (Å²) < 4.78 is 28.2. The van der Waals surface area contributed by atoms with E-state index in [-0.39, 0.29) is 17.2 Å². The summed E-state index contributed by atoms with van der Waals surface area (Å²) in [7, 11) is 1.56. The zero-order valence-corrected chi connectivity index (χ0v) is 20.9. The van der Waals surface area contributed by atoms with Crippen molar-refractivity contribution in [1.29, 1.82) is 5.26 Å². The van der Waals surface area contributed by atoms with Crippen LogP contribution in [-0.4, -0.2) is 26.3 Å². The highest BCUT2D eigenvalue weighted by molar-refractivity contribution is 5.94. The van der Waals surface area contributed by atoms with Gasteiger partial charge in [-0.25, -0.2) is 4.79 Å². The molecule has 0 saturated carbocycles. The van der Waals surface area contributed by atoms with E-state index in [1.54, 1.807) is 55.6 Å². The van der Waals surface area contributed by atoms with Gasteiger partial charge in [0.25, 0.3) is 0 Å². The van der Waals surface area contributed by atoms with Gasteiger partial charge >= 0.3 is 5.97 Å². The summed E-state index contributed by atoms with van der Waals surface area (Å²) in [6.07, 6.45) is 0.812. The van der Waals surface area contributed by atoms with E-state index in [2.05, 4.69) is 6.07 Å². The summed E-state index contributed by atoms with van der Waals surface area (Å²) in [4.78, 5) is 12.9. The lowest BCUT2D eigenvalue weighted by Gasteiger charge is -2.27. The number of esters is 1. The summed E-state index contributed by atoms with van der Waals surface area (Å²) in [6.45, 7) is 4.85. The van der Waals surface area contributed by atoms with Crippen LogP contribution in [0.3, 0.4) is 0 Å². The molecule has 0 aromatic heterocycles. The minimum absolute atomic E-state index is 0.0189. The Morgan fingerprint density at radius 2 is 1.84 bits per heavy atom. The third-order valence-electron chi connectivity index (χ3n) is 5.79. The Morgan fingerprint density at radius 3 is 2.57 bits per heavy atom. The quantitative estimate of drug-likeness (QED) is 0.310. The molecule has 3 aromatic carbocycles. The third kappa shape index (κ3) is 5.31. The molecular formula is C29H28N2O6. The normalized spacial score (nSPS) is 14.2. The van der Waals surface area contributed by atoms with Gasteiger partial charge in [0.05, 0.1) is 26.2 Å². The highest BCUT2D eigenvalue weighted by Gasteiger charge is 2.32. The second kappa shape index (κ2) is 11.4. The van der Waals surface area contributed by atoms with Crippen LogP contribution in [0.15, 0.2) is 72.1 Å². The molecular weight excluding hydrogens is 472 g/mol. The topological polar surface area (TPSA) is 113 Å². The molecule has 37 heavy (non-hydrogen) atoms. The molecule has 2 N–H and O–H groups in total. The molecule has 1 aliphatic heterocycles. The van der Waals surface area contributed by atoms with E-state index < -0.39 is 11.9 Å². The fourth-order valence-electron chi connectivity index (χ4n) is 4.12. The van der Waals surface area contributed by atoms with E-state index >= 15 is 0 Å². The number of hydrogen-bond acceptors (Lipinski definition) is 8. The van der Waals surface area contributed by atoms with E-state index in [0.29, 0.717) is 47.3 Å². The molecule has 1 atom stereocenters. The fraction of sp³-hybridized carbons (Fsp3) is 0.241. The van der Waals surface area contributed by atoms with Crippen LogP contribution in [-0.2, 0) is 0 Å². The molecule has 8 nitrogen and oxygen atoms in total. The zero-order chi connectivity index (χ0) is 26.4. The number of carbonyl (C=O) groups excluding carboxylic acids is 1. The van der Waals surface area contributed by atoms with Crippen molar-refractivity contribution in [3.63, 3.8) is 0 Å². The summed E-state index contributed by atoms with van der Waals surface area (Å²) in [5.41, 5.74) is 8.20. The summed E-state index contributed by atoms with van der Waals surface area (Å²) in [6, 6.07) is 19.6. The predicted molar refractivity (Wildman–Crippen MR) is 137 cm³/mol. The zero-order valence-electron chi connectivity index (χ0n) is 20.9. The molecule has 190 valence electrons. The smallest absolute Gasteiger partial charge is 0.347 e. The Morgan fingerprint density at radius 1 is 1.03 bits per heavy atom. The Hall–Kier alpha value is -4.64. The number of fused-ring (bicyclic) bond motifs is 1. The van der Waals surface area contributed by atoms with Gasteiger partial charge < -0.3 is 29.4 Å². The number of benzene rings is 3. The molecule has 4 rings (SSSR count). The number of ether oxygens (including phenoxy) is 5. The first kappa shape index (κ1) is 25.5. The molecule has 1 heterocycles. The van der Waals surface area contributed by atoms with Crippen LogP contribution in [0.2, 0.25) is 0 Å². The number of para-hydroxylation sites is 1. The summed E-state index contributed by atoms with van der Waals surface area (Å²) in [5.74, 6) is 1.16. The monoisotopic (exact) mass is 500 g/mol. The van der Waals surface area contributed by atoms with Crippen LogP contribution >= 0.6 is 0 Å². The number of nitrogens with two attached hydrogens (primary N) is 1. The van der Waals surface area contributed by atoms with Gasteiger partial charge in [-0.2, -0.15) is 5.26 Å². The molecule has 3 aromatic rings. The van der Waals surface area contributed by atoms with Crippen LogP contribution < -0.4 is 29.4 Å². The van der Waals surface area contributed by atoms with Crippen molar-refractivity contribution in [3.8, 4) is 34.8 Å². The number of nitriles is 1. The van der Waals surface area contributed by atoms with Gasteiger partial charge in [0.2, 0.25) is 5.88 Å². The van der Waals surface area contributed by atoms with Crippen LogP contribution in [0, 0.1) is 11.3 Å². The molecule has 1 aliphatic rings. The van der Waals surface area contributed by atoms with Crippen molar-refractivity contribution in [2.24, 2.45) is 5.73 Å². The lowest BCUT2D eigenvalue weighted by Crippen LogP contribution is -2.21. The van der Waals surface area contributed by atoms with Gasteiger partial charge in [-0.15, -0.1) is 0 Å². The minimum atomic E-state index is -0.559. The highest BCUT2D eigenvalue weighted by atomic mass is 16.5. The Bertz CT molecular complexity index is 1380. The van der Waals surface area contributed by atoms with E-state index in [1.807, 2.05) is 26.0 Å². The lowest BCUT2D eigenvalue weighted by molar-refractivity contribution is 0.0730. The lowest BCUT2D eigenvalue weighted by atomic mass is 9.83. The fourth-order valence-corrected chi connectivity index (χ4v) is 4.12. The highest BCUT2D eigenvalue weighted by Crippen LogP contribution is 2.45. The molecule has 0 bridgehead atoms.